The van der Waals surface area contributed by atoms with Crippen LogP contribution in [0.4, 0.5) is 8.78 Å². The average Bonchev–Trinajstić information content (AvgIpc) is 3.49. The molecular formula is C26H19F2N3O. The van der Waals surface area contributed by atoms with E-state index in [1.165, 1.54) is 27.9 Å². The van der Waals surface area contributed by atoms with Crippen LogP contribution >= 0.6 is 0 Å². The van der Waals surface area contributed by atoms with Gasteiger partial charge in [0.1, 0.15) is 11.5 Å². The molecular weight excluding hydrogens is 408 g/mol. The summed E-state index contributed by atoms with van der Waals surface area (Å²) in [5, 5.41) is 7.52. The predicted octanol–water partition coefficient (Wildman–Crippen LogP) is 5.06. The molecule has 1 amide bonds. The van der Waals surface area contributed by atoms with E-state index in [1.807, 2.05) is 42.5 Å². The summed E-state index contributed by atoms with van der Waals surface area (Å²) in [4.78, 5) is 13.2. The topological polar surface area (TPSA) is 46.9 Å². The predicted molar refractivity (Wildman–Crippen MR) is 116 cm³/mol. The third-order valence-corrected chi connectivity index (χ3v) is 6.50. The third kappa shape index (κ3) is 2.79. The Morgan fingerprint density at radius 1 is 0.969 bits per heavy atom. The largest absolute Gasteiger partial charge is 0.347 e. The van der Waals surface area contributed by atoms with Crippen LogP contribution in [-0.4, -0.2) is 15.7 Å². The van der Waals surface area contributed by atoms with E-state index >= 15 is 0 Å². The number of hydrogen-bond acceptors (Lipinski definition) is 2. The first-order chi connectivity index (χ1) is 15.6. The second-order valence-corrected chi connectivity index (χ2v) is 8.29. The number of nitrogens with one attached hydrogen (secondary N) is 1. The molecule has 2 bridgehead atoms. The van der Waals surface area contributed by atoms with E-state index in [4.69, 9.17) is 0 Å². The van der Waals surface area contributed by atoms with E-state index in [-0.39, 0.29) is 23.4 Å². The molecule has 2 unspecified atom stereocenters. The van der Waals surface area contributed by atoms with Crippen molar-refractivity contribution in [2.75, 3.05) is 0 Å². The lowest BCUT2D eigenvalue weighted by atomic mass is 9.88. The molecule has 2 aliphatic carbocycles. The van der Waals surface area contributed by atoms with E-state index in [0.717, 1.165) is 29.3 Å². The summed E-state index contributed by atoms with van der Waals surface area (Å²) >= 11 is 0. The molecule has 1 heterocycles. The van der Waals surface area contributed by atoms with Gasteiger partial charge in [-0.3, -0.25) is 4.79 Å². The highest BCUT2D eigenvalue weighted by atomic mass is 19.1. The van der Waals surface area contributed by atoms with Crippen molar-refractivity contribution in [3.63, 3.8) is 0 Å². The van der Waals surface area contributed by atoms with Crippen LogP contribution in [0.15, 0.2) is 72.8 Å². The van der Waals surface area contributed by atoms with Crippen molar-refractivity contribution in [2.24, 2.45) is 0 Å². The van der Waals surface area contributed by atoms with Crippen molar-refractivity contribution in [2.45, 2.75) is 24.8 Å². The molecule has 0 aliphatic heterocycles. The molecule has 3 aromatic carbocycles. The lowest BCUT2D eigenvalue weighted by molar-refractivity contribution is 0.0944. The van der Waals surface area contributed by atoms with Gasteiger partial charge >= 0.3 is 0 Å². The minimum absolute atomic E-state index is 0.0267. The molecule has 0 fully saturated rings. The Kier molecular flexibility index (Phi) is 4.21. The van der Waals surface area contributed by atoms with Gasteiger partial charge in [0, 0.05) is 30.0 Å². The number of aromatic nitrogens is 2. The zero-order chi connectivity index (χ0) is 21.8. The highest BCUT2D eigenvalue weighted by molar-refractivity contribution is 5.95. The van der Waals surface area contributed by atoms with Gasteiger partial charge in [-0.15, -0.1) is 0 Å². The number of benzene rings is 3. The Morgan fingerprint density at radius 2 is 1.69 bits per heavy atom. The molecule has 4 nitrogen and oxygen atoms in total. The summed E-state index contributed by atoms with van der Waals surface area (Å²) in [6, 6.07) is 21.2. The zero-order valence-corrected chi connectivity index (χ0v) is 17.1. The van der Waals surface area contributed by atoms with Crippen molar-refractivity contribution < 1.29 is 13.6 Å². The normalized spacial score (nSPS) is 17.8. The quantitative estimate of drug-likeness (QED) is 0.495. The number of carbonyl (C=O) groups excluding carboxylic acids is 1. The summed E-state index contributed by atoms with van der Waals surface area (Å²) in [7, 11) is 0. The standard InChI is InChI=1S/C26H19F2N3O/c27-16-10-11-22(21(28)12-16)31-25-20-13-19(17-8-4-5-9-18(17)20)23(25)24(30-31)26(32)29-14-15-6-2-1-3-7-15/h1-12,19-20H,13-14H2,(H,29,32). The SMILES string of the molecule is O=C(NCc1ccccc1)c1nn(-c2ccc(F)cc2F)c2c1C1CC2c2ccccc21. The Morgan fingerprint density at radius 3 is 2.44 bits per heavy atom. The number of hydrogen-bond donors (Lipinski definition) is 1. The molecule has 158 valence electrons. The maximum atomic E-state index is 14.7. The maximum absolute atomic E-state index is 14.7. The first-order valence-electron chi connectivity index (χ1n) is 10.6. The number of halogens is 2. The van der Waals surface area contributed by atoms with E-state index in [0.29, 0.717) is 12.2 Å². The number of fused-ring (bicyclic) bond motifs is 8. The van der Waals surface area contributed by atoms with E-state index < -0.39 is 11.6 Å². The molecule has 6 rings (SSSR count). The molecule has 0 saturated carbocycles. The molecule has 0 saturated heterocycles. The van der Waals surface area contributed by atoms with Crippen LogP contribution < -0.4 is 5.32 Å². The second kappa shape index (κ2) is 7.12. The second-order valence-electron chi connectivity index (χ2n) is 8.29. The fraction of sp³-hybridized carbons (Fsp3) is 0.154. The molecule has 0 spiro atoms. The van der Waals surface area contributed by atoms with Crippen molar-refractivity contribution in [3.05, 3.63) is 118 Å². The number of carbonyl (C=O) groups is 1. The summed E-state index contributed by atoms with van der Waals surface area (Å²) in [6.07, 6.45) is 0.828. The van der Waals surface area contributed by atoms with Gasteiger partial charge in [-0.2, -0.15) is 5.10 Å². The molecule has 6 heteroatoms. The van der Waals surface area contributed by atoms with E-state index in [1.54, 1.807) is 0 Å². The van der Waals surface area contributed by atoms with Gasteiger partial charge < -0.3 is 5.32 Å². The number of amides is 1. The van der Waals surface area contributed by atoms with Crippen molar-refractivity contribution in [1.29, 1.82) is 0 Å². The minimum Gasteiger partial charge on any atom is -0.347 e. The van der Waals surface area contributed by atoms with Crippen LogP contribution in [-0.2, 0) is 6.54 Å². The summed E-state index contributed by atoms with van der Waals surface area (Å²) in [5.41, 5.74) is 5.49. The molecule has 32 heavy (non-hydrogen) atoms. The number of nitrogens with zero attached hydrogens (tertiary/aromatic N) is 2. The average molecular weight is 427 g/mol. The highest BCUT2D eigenvalue weighted by Crippen LogP contribution is 2.57. The molecule has 2 atom stereocenters. The summed E-state index contributed by atoms with van der Waals surface area (Å²) < 4.78 is 29.8. The van der Waals surface area contributed by atoms with Crippen LogP contribution in [0.5, 0.6) is 0 Å². The van der Waals surface area contributed by atoms with E-state index in [2.05, 4.69) is 22.5 Å². The monoisotopic (exact) mass is 427 g/mol. The Labute approximate surface area is 183 Å². The van der Waals surface area contributed by atoms with Crippen LogP contribution in [0.2, 0.25) is 0 Å². The first-order valence-corrected chi connectivity index (χ1v) is 10.6. The number of rotatable bonds is 4. The summed E-state index contributed by atoms with van der Waals surface area (Å²) in [6.45, 7) is 0.372. The third-order valence-electron chi connectivity index (χ3n) is 6.50. The van der Waals surface area contributed by atoms with E-state index in [9.17, 15) is 13.6 Å². The van der Waals surface area contributed by atoms with Gasteiger partial charge in [0.2, 0.25) is 0 Å². The van der Waals surface area contributed by atoms with Crippen molar-refractivity contribution in [3.8, 4) is 5.69 Å². The van der Waals surface area contributed by atoms with Crippen LogP contribution in [0.3, 0.4) is 0 Å². The van der Waals surface area contributed by atoms with Crippen LogP contribution in [0.25, 0.3) is 5.69 Å². The van der Waals surface area contributed by atoms with Crippen LogP contribution in [0.1, 0.15) is 56.7 Å². The highest BCUT2D eigenvalue weighted by Gasteiger charge is 2.47. The van der Waals surface area contributed by atoms with Crippen LogP contribution in [0, 0.1) is 11.6 Å². The lowest BCUT2D eigenvalue weighted by Crippen LogP contribution is -2.25. The fourth-order valence-corrected chi connectivity index (χ4v) is 5.16. The van der Waals surface area contributed by atoms with Gasteiger partial charge in [0.15, 0.2) is 11.5 Å². The fourth-order valence-electron chi connectivity index (χ4n) is 5.16. The van der Waals surface area contributed by atoms with Crippen molar-refractivity contribution in [1.82, 2.24) is 15.1 Å². The lowest BCUT2D eigenvalue weighted by Gasteiger charge is -2.18. The maximum Gasteiger partial charge on any atom is 0.272 e. The van der Waals surface area contributed by atoms with Crippen molar-refractivity contribution >= 4 is 5.91 Å². The van der Waals surface area contributed by atoms with Gasteiger partial charge in [0.25, 0.3) is 5.91 Å². The molecule has 4 aromatic rings. The Balaban J connectivity index is 1.46. The Hall–Kier alpha value is -3.80. The smallest absolute Gasteiger partial charge is 0.272 e. The van der Waals surface area contributed by atoms with Gasteiger partial charge in [-0.25, -0.2) is 13.5 Å². The Bertz CT molecular complexity index is 1360. The minimum atomic E-state index is -0.706. The van der Waals surface area contributed by atoms with Gasteiger partial charge in [0.05, 0.1) is 5.69 Å². The van der Waals surface area contributed by atoms with Gasteiger partial charge in [-0.05, 0) is 35.2 Å². The first kappa shape index (κ1) is 18.9. The molecule has 1 aromatic heterocycles. The summed E-state index contributed by atoms with van der Waals surface area (Å²) in [5.74, 6) is -1.58. The zero-order valence-electron chi connectivity index (χ0n) is 17.1. The molecule has 2 aliphatic rings. The molecule has 0 radical (unpaired) electrons. The van der Waals surface area contributed by atoms with Gasteiger partial charge in [-0.1, -0.05) is 54.6 Å². The molecule has 1 N–H and O–H groups in total.